The highest BCUT2D eigenvalue weighted by Gasteiger charge is 2.14. The quantitative estimate of drug-likeness (QED) is 0.641. The zero-order valence-corrected chi connectivity index (χ0v) is 8.74. The summed E-state index contributed by atoms with van der Waals surface area (Å²) in [6.45, 7) is 4.82. The van der Waals surface area contributed by atoms with E-state index in [2.05, 4.69) is 34.3 Å². The minimum absolute atomic E-state index is 0.190. The molecule has 6 heteroatoms. The second-order valence-corrected chi connectivity index (χ2v) is 3.49. The van der Waals surface area contributed by atoms with E-state index in [4.69, 9.17) is 10.5 Å². The molecule has 14 heavy (non-hydrogen) atoms. The summed E-state index contributed by atoms with van der Waals surface area (Å²) in [4.78, 5) is 3.96. The summed E-state index contributed by atoms with van der Waals surface area (Å²) in [5.74, 6) is 1.26. The number of hydrogen-bond donors (Lipinski definition) is 3. The Morgan fingerprint density at radius 3 is 2.71 bits per heavy atom. The second-order valence-electron chi connectivity index (χ2n) is 3.49. The predicted molar refractivity (Wildman–Crippen MR) is 54.9 cm³/mol. The second kappa shape index (κ2) is 4.80. The standard InChI is InChI=1S/C8H17N5O/c1-5(2)6(4-14-3)10-8-11-7(9)12-13-8/h5-6H,4H2,1-3H3,(H4,9,10,11,12,13). The number of methoxy groups -OCH3 is 1. The van der Waals surface area contributed by atoms with Gasteiger partial charge >= 0.3 is 0 Å². The average molecular weight is 199 g/mol. The number of nitrogens with one attached hydrogen (secondary N) is 2. The molecule has 0 radical (unpaired) electrons. The zero-order valence-electron chi connectivity index (χ0n) is 8.74. The van der Waals surface area contributed by atoms with Gasteiger partial charge in [0.15, 0.2) is 0 Å². The van der Waals surface area contributed by atoms with Gasteiger partial charge in [0.1, 0.15) is 0 Å². The molecule has 0 aliphatic rings. The van der Waals surface area contributed by atoms with Gasteiger partial charge in [0.2, 0.25) is 11.9 Å². The molecule has 1 aromatic rings. The van der Waals surface area contributed by atoms with Crippen molar-refractivity contribution in [2.24, 2.45) is 5.92 Å². The van der Waals surface area contributed by atoms with Gasteiger partial charge in [0, 0.05) is 7.11 Å². The Morgan fingerprint density at radius 2 is 2.29 bits per heavy atom. The Morgan fingerprint density at radius 1 is 1.57 bits per heavy atom. The van der Waals surface area contributed by atoms with Crippen LogP contribution in [0.3, 0.4) is 0 Å². The minimum atomic E-state index is 0.190. The van der Waals surface area contributed by atoms with Crippen molar-refractivity contribution in [3.05, 3.63) is 0 Å². The van der Waals surface area contributed by atoms with E-state index in [1.807, 2.05) is 0 Å². The van der Waals surface area contributed by atoms with Crippen molar-refractivity contribution < 1.29 is 4.74 Å². The van der Waals surface area contributed by atoms with E-state index < -0.39 is 0 Å². The van der Waals surface area contributed by atoms with Crippen molar-refractivity contribution in [1.29, 1.82) is 0 Å². The van der Waals surface area contributed by atoms with Gasteiger partial charge in [0.25, 0.3) is 0 Å². The van der Waals surface area contributed by atoms with Gasteiger partial charge in [-0.2, -0.15) is 4.98 Å². The number of hydrogen-bond acceptors (Lipinski definition) is 5. The third kappa shape index (κ3) is 2.88. The lowest BCUT2D eigenvalue weighted by Gasteiger charge is -2.20. The van der Waals surface area contributed by atoms with Gasteiger partial charge in [-0.3, -0.25) is 0 Å². The number of nitrogens with two attached hydrogens (primary N) is 1. The Bertz CT molecular complexity index is 272. The number of nitrogen functional groups attached to an aromatic ring is 1. The van der Waals surface area contributed by atoms with Crippen molar-refractivity contribution in [3.63, 3.8) is 0 Å². The van der Waals surface area contributed by atoms with Crippen LogP contribution in [0.25, 0.3) is 0 Å². The Hall–Kier alpha value is -1.30. The fraction of sp³-hybridized carbons (Fsp3) is 0.750. The molecule has 1 rings (SSSR count). The number of anilines is 2. The molecule has 1 atom stereocenters. The molecule has 0 fully saturated rings. The molecule has 0 bridgehead atoms. The maximum Gasteiger partial charge on any atom is 0.243 e. The number of ether oxygens (including phenoxy) is 1. The fourth-order valence-corrected chi connectivity index (χ4v) is 1.09. The van der Waals surface area contributed by atoms with Gasteiger partial charge < -0.3 is 15.8 Å². The smallest absolute Gasteiger partial charge is 0.243 e. The van der Waals surface area contributed by atoms with Crippen LogP contribution in [-0.4, -0.2) is 34.9 Å². The zero-order chi connectivity index (χ0) is 10.6. The molecule has 6 nitrogen and oxygen atoms in total. The van der Waals surface area contributed by atoms with Crippen molar-refractivity contribution >= 4 is 11.9 Å². The predicted octanol–water partition coefficient (Wildman–Crippen LogP) is 0.470. The van der Waals surface area contributed by atoms with Gasteiger partial charge in [-0.05, 0) is 5.92 Å². The normalized spacial score (nSPS) is 13.1. The van der Waals surface area contributed by atoms with Crippen molar-refractivity contribution in [3.8, 4) is 0 Å². The Labute approximate surface area is 83.2 Å². The van der Waals surface area contributed by atoms with E-state index in [9.17, 15) is 0 Å². The van der Waals surface area contributed by atoms with Crippen LogP contribution >= 0.6 is 0 Å². The van der Waals surface area contributed by atoms with E-state index in [1.165, 1.54) is 0 Å². The first-order valence-corrected chi connectivity index (χ1v) is 4.56. The Kier molecular flexibility index (Phi) is 3.70. The van der Waals surface area contributed by atoms with Gasteiger partial charge in [-0.25, -0.2) is 5.10 Å². The minimum Gasteiger partial charge on any atom is -0.383 e. The van der Waals surface area contributed by atoms with Crippen LogP contribution in [0.1, 0.15) is 13.8 Å². The number of rotatable bonds is 5. The van der Waals surface area contributed by atoms with Crippen LogP contribution < -0.4 is 11.1 Å². The van der Waals surface area contributed by atoms with Crippen LogP contribution in [0.4, 0.5) is 11.9 Å². The highest BCUT2D eigenvalue weighted by atomic mass is 16.5. The maximum absolute atomic E-state index is 5.40. The lowest BCUT2D eigenvalue weighted by atomic mass is 10.1. The van der Waals surface area contributed by atoms with Crippen LogP contribution in [0, 0.1) is 5.92 Å². The van der Waals surface area contributed by atoms with Crippen LogP contribution in [0.5, 0.6) is 0 Å². The van der Waals surface area contributed by atoms with Crippen LogP contribution in [-0.2, 0) is 4.74 Å². The molecule has 1 heterocycles. The van der Waals surface area contributed by atoms with Gasteiger partial charge in [-0.15, -0.1) is 5.10 Å². The summed E-state index contributed by atoms with van der Waals surface area (Å²) >= 11 is 0. The lowest BCUT2D eigenvalue weighted by molar-refractivity contribution is 0.171. The summed E-state index contributed by atoms with van der Waals surface area (Å²) in [6, 6.07) is 0.190. The maximum atomic E-state index is 5.40. The lowest BCUT2D eigenvalue weighted by Crippen LogP contribution is -2.30. The third-order valence-corrected chi connectivity index (χ3v) is 1.97. The Balaban J connectivity index is 2.55. The first-order chi connectivity index (χ1) is 6.63. The van der Waals surface area contributed by atoms with Crippen molar-refractivity contribution in [2.75, 3.05) is 24.8 Å². The molecule has 0 saturated carbocycles. The number of aromatic amines is 1. The van der Waals surface area contributed by atoms with E-state index in [1.54, 1.807) is 7.11 Å². The van der Waals surface area contributed by atoms with Crippen LogP contribution in [0.15, 0.2) is 0 Å². The van der Waals surface area contributed by atoms with Crippen molar-refractivity contribution in [1.82, 2.24) is 15.2 Å². The molecule has 0 aromatic carbocycles. The van der Waals surface area contributed by atoms with E-state index in [0.717, 1.165) is 0 Å². The topological polar surface area (TPSA) is 88.8 Å². The van der Waals surface area contributed by atoms with E-state index >= 15 is 0 Å². The molecule has 0 amide bonds. The first kappa shape index (κ1) is 10.8. The molecule has 0 aliphatic heterocycles. The largest absolute Gasteiger partial charge is 0.383 e. The molecule has 80 valence electrons. The van der Waals surface area contributed by atoms with Gasteiger partial charge in [-0.1, -0.05) is 13.8 Å². The third-order valence-electron chi connectivity index (χ3n) is 1.97. The SMILES string of the molecule is COCC(Nc1n[nH]c(N)n1)C(C)C. The molecular formula is C8H17N5O. The van der Waals surface area contributed by atoms with Gasteiger partial charge in [0.05, 0.1) is 12.6 Å². The monoisotopic (exact) mass is 199 g/mol. The number of H-pyrrole nitrogens is 1. The average Bonchev–Trinajstić information content (AvgIpc) is 2.50. The summed E-state index contributed by atoms with van der Waals surface area (Å²) < 4.78 is 5.08. The first-order valence-electron chi connectivity index (χ1n) is 4.56. The van der Waals surface area contributed by atoms with Crippen molar-refractivity contribution in [2.45, 2.75) is 19.9 Å². The van der Waals surface area contributed by atoms with E-state index in [0.29, 0.717) is 24.4 Å². The molecule has 0 aliphatic carbocycles. The van der Waals surface area contributed by atoms with Crippen LogP contribution in [0.2, 0.25) is 0 Å². The molecule has 4 N–H and O–H groups in total. The highest BCUT2D eigenvalue weighted by Crippen LogP contribution is 2.09. The summed E-state index contributed by atoms with van der Waals surface area (Å²) in [5.41, 5.74) is 5.40. The summed E-state index contributed by atoms with van der Waals surface area (Å²) in [5, 5.41) is 9.60. The summed E-state index contributed by atoms with van der Waals surface area (Å²) in [6.07, 6.45) is 0. The molecule has 0 saturated heterocycles. The molecular weight excluding hydrogens is 182 g/mol. The highest BCUT2D eigenvalue weighted by molar-refractivity contribution is 5.31. The molecule has 1 unspecified atom stereocenters. The van der Waals surface area contributed by atoms with E-state index in [-0.39, 0.29) is 6.04 Å². The molecule has 1 aromatic heterocycles. The molecule has 0 spiro atoms. The fourth-order valence-electron chi connectivity index (χ4n) is 1.09. The summed E-state index contributed by atoms with van der Waals surface area (Å²) in [7, 11) is 1.67. The number of nitrogens with zero attached hydrogens (tertiary/aromatic N) is 2. The number of aromatic nitrogens is 3.